The van der Waals surface area contributed by atoms with E-state index in [-0.39, 0.29) is 10.8 Å². The Bertz CT molecular complexity index is 308. The van der Waals surface area contributed by atoms with E-state index in [1.54, 1.807) is 16.7 Å². The van der Waals surface area contributed by atoms with Crippen molar-refractivity contribution in [2.75, 3.05) is 5.75 Å². The Balaban J connectivity index is 2.17. The number of carbonyl (C=O) groups is 2. The van der Waals surface area contributed by atoms with E-state index in [1.807, 2.05) is 6.92 Å². The molecule has 1 N–H and O–H groups in total. The van der Waals surface area contributed by atoms with Gasteiger partial charge in [0.15, 0.2) is 6.23 Å². The van der Waals surface area contributed by atoms with Crippen LogP contribution in [0.3, 0.4) is 0 Å². The second-order valence-electron chi connectivity index (χ2n) is 3.94. The number of fused-ring (bicyclic) bond motifs is 1. The zero-order valence-corrected chi connectivity index (χ0v) is 9.25. The Morgan fingerprint density at radius 3 is 3.13 bits per heavy atom. The quantitative estimate of drug-likeness (QED) is 0.692. The molecule has 5 nitrogen and oxygen atoms in total. The number of carboxylic acid groups (broad SMARTS) is 1. The SMILES string of the molecule is CC12CCCC(=O)N1C(OC(=O)O)CS2. The van der Waals surface area contributed by atoms with Crippen LogP contribution >= 0.6 is 11.8 Å². The van der Waals surface area contributed by atoms with E-state index in [9.17, 15) is 9.59 Å². The maximum Gasteiger partial charge on any atom is 0.507 e. The molecule has 84 valence electrons. The fourth-order valence-corrected chi connectivity index (χ4v) is 3.57. The van der Waals surface area contributed by atoms with Crippen LogP contribution in [0.15, 0.2) is 0 Å². The molecular formula is C9H13NO4S. The Hall–Kier alpha value is -0.910. The van der Waals surface area contributed by atoms with Gasteiger partial charge in [0, 0.05) is 6.42 Å². The highest BCUT2D eigenvalue weighted by molar-refractivity contribution is 8.00. The number of rotatable bonds is 1. The molecule has 2 heterocycles. The number of amides is 1. The van der Waals surface area contributed by atoms with Crippen LogP contribution < -0.4 is 0 Å². The lowest BCUT2D eigenvalue weighted by molar-refractivity contribution is -0.148. The minimum Gasteiger partial charge on any atom is -0.450 e. The van der Waals surface area contributed by atoms with Crippen LogP contribution in [0, 0.1) is 0 Å². The van der Waals surface area contributed by atoms with Crippen LogP contribution in [-0.2, 0) is 9.53 Å². The van der Waals surface area contributed by atoms with Crippen molar-refractivity contribution in [2.45, 2.75) is 37.3 Å². The number of carbonyl (C=O) groups excluding carboxylic acids is 1. The lowest BCUT2D eigenvalue weighted by Crippen LogP contribution is -2.52. The Labute approximate surface area is 91.8 Å². The van der Waals surface area contributed by atoms with E-state index in [4.69, 9.17) is 9.84 Å². The number of hydrogen-bond donors (Lipinski definition) is 1. The summed E-state index contributed by atoms with van der Waals surface area (Å²) >= 11 is 1.60. The van der Waals surface area contributed by atoms with E-state index in [2.05, 4.69) is 0 Å². The molecule has 15 heavy (non-hydrogen) atoms. The molecule has 2 aliphatic rings. The molecule has 2 atom stereocenters. The van der Waals surface area contributed by atoms with Crippen LogP contribution in [0.5, 0.6) is 0 Å². The van der Waals surface area contributed by atoms with Crippen molar-refractivity contribution in [1.29, 1.82) is 0 Å². The molecule has 0 aromatic carbocycles. The Morgan fingerprint density at radius 2 is 2.47 bits per heavy atom. The molecule has 1 amide bonds. The van der Waals surface area contributed by atoms with Crippen molar-refractivity contribution in [1.82, 2.24) is 4.90 Å². The van der Waals surface area contributed by atoms with E-state index >= 15 is 0 Å². The lowest BCUT2D eigenvalue weighted by atomic mass is 10.0. The number of hydrogen-bond acceptors (Lipinski definition) is 4. The van der Waals surface area contributed by atoms with Crippen LogP contribution in [0.4, 0.5) is 4.79 Å². The first-order chi connectivity index (χ1) is 7.03. The third-order valence-corrected chi connectivity index (χ3v) is 4.35. The summed E-state index contributed by atoms with van der Waals surface area (Å²) < 4.78 is 4.72. The van der Waals surface area contributed by atoms with Gasteiger partial charge in [0.1, 0.15) is 0 Å². The lowest BCUT2D eigenvalue weighted by Gasteiger charge is -2.39. The zero-order chi connectivity index (χ0) is 11.1. The maximum absolute atomic E-state index is 11.7. The second kappa shape index (κ2) is 3.59. The fraction of sp³-hybridized carbons (Fsp3) is 0.778. The van der Waals surface area contributed by atoms with Crippen molar-refractivity contribution in [3.05, 3.63) is 0 Å². The molecule has 2 saturated heterocycles. The second-order valence-corrected chi connectivity index (χ2v) is 5.44. The largest absolute Gasteiger partial charge is 0.507 e. The van der Waals surface area contributed by atoms with Gasteiger partial charge in [-0.15, -0.1) is 11.8 Å². The standard InChI is InChI=1S/C9H13NO4S/c1-9-4-2-3-6(11)10(9)7(5-15-9)14-8(12)13/h7H,2-5H2,1H3,(H,12,13). The monoisotopic (exact) mass is 231 g/mol. The molecule has 2 rings (SSSR count). The van der Waals surface area contributed by atoms with Crippen molar-refractivity contribution < 1.29 is 19.4 Å². The summed E-state index contributed by atoms with van der Waals surface area (Å²) in [4.78, 5) is 23.5. The van der Waals surface area contributed by atoms with Crippen molar-refractivity contribution in [3.8, 4) is 0 Å². The molecule has 0 bridgehead atoms. The summed E-state index contributed by atoms with van der Waals surface area (Å²) in [7, 11) is 0. The first-order valence-corrected chi connectivity index (χ1v) is 5.87. The number of piperidine rings is 1. The summed E-state index contributed by atoms with van der Waals surface area (Å²) in [5, 5.41) is 8.56. The smallest absolute Gasteiger partial charge is 0.450 e. The van der Waals surface area contributed by atoms with Crippen molar-refractivity contribution in [2.24, 2.45) is 0 Å². The predicted octanol–water partition coefficient (Wildman–Crippen LogP) is 1.48. The van der Waals surface area contributed by atoms with E-state index in [0.29, 0.717) is 12.2 Å². The predicted molar refractivity (Wildman–Crippen MR) is 54.5 cm³/mol. The third kappa shape index (κ3) is 1.78. The minimum absolute atomic E-state index is 0.000000000000000222. The van der Waals surface area contributed by atoms with E-state index in [1.165, 1.54) is 0 Å². The van der Waals surface area contributed by atoms with Gasteiger partial charge in [-0.25, -0.2) is 4.79 Å². The average Bonchev–Trinajstić information content (AvgIpc) is 2.43. The molecular weight excluding hydrogens is 218 g/mol. The van der Waals surface area contributed by atoms with Crippen molar-refractivity contribution in [3.63, 3.8) is 0 Å². The minimum atomic E-state index is -1.32. The van der Waals surface area contributed by atoms with Crippen LogP contribution in [0.25, 0.3) is 0 Å². The molecule has 0 aromatic rings. The Morgan fingerprint density at radius 1 is 1.73 bits per heavy atom. The molecule has 2 unspecified atom stereocenters. The molecule has 6 heteroatoms. The third-order valence-electron chi connectivity index (χ3n) is 2.87. The molecule has 0 spiro atoms. The summed E-state index contributed by atoms with van der Waals surface area (Å²) in [5.41, 5.74) is 0. The highest BCUT2D eigenvalue weighted by atomic mass is 32.2. The number of nitrogens with zero attached hydrogens (tertiary/aromatic N) is 1. The van der Waals surface area contributed by atoms with Gasteiger partial charge in [-0.3, -0.25) is 9.69 Å². The number of ether oxygens (including phenoxy) is 1. The summed E-state index contributed by atoms with van der Waals surface area (Å²) in [5.74, 6) is 0.536. The highest BCUT2D eigenvalue weighted by Gasteiger charge is 2.49. The number of thioether (sulfide) groups is 1. The molecule has 0 saturated carbocycles. The summed E-state index contributed by atoms with van der Waals surface area (Å²) in [6.07, 6.45) is 0.352. The molecule has 0 aromatic heterocycles. The normalized spacial score (nSPS) is 35.1. The van der Waals surface area contributed by atoms with Gasteiger partial charge >= 0.3 is 6.16 Å². The van der Waals surface area contributed by atoms with E-state index < -0.39 is 12.4 Å². The first kappa shape index (κ1) is 10.6. The summed E-state index contributed by atoms with van der Waals surface area (Å²) in [6.45, 7) is 1.97. The van der Waals surface area contributed by atoms with Crippen LogP contribution in [-0.4, -0.2) is 38.9 Å². The van der Waals surface area contributed by atoms with E-state index in [0.717, 1.165) is 12.8 Å². The fourth-order valence-electron chi connectivity index (χ4n) is 2.21. The van der Waals surface area contributed by atoms with Crippen LogP contribution in [0.2, 0.25) is 0 Å². The average molecular weight is 231 g/mol. The summed E-state index contributed by atoms with van der Waals surface area (Å²) in [6, 6.07) is 0. The zero-order valence-electron chi connectivity index (χ0n) is 8.43. The molecule has 2 aliphatic heterocycles. The van der Waals surface area contributed by atoms with Gasteiger partial charge in [-0.2, -0.15) is 0 Å². The van der Waals surface area contributed by atoms with Crippen molar-refractivity contribution >= 4 is 23.8 Å². The topological polar surface area (TPSA) is 66.8 Å². The maximum atomic E-state index is 11.7. The van der Waals surface area contributed by atoms with Crippen LogP contribution in [0.1, 0.15) is 26.2 Å². The Kier molecular flexibility index (Phi) is 2.54. The van der Waals surface area contributed by atoms with Gasteiger partial charge < -0.3 is 9.84 Å². The molecule has 0 aliphatic carbocycles. The highest BCUT2D eigenvalue weighted by Crippen LogP contribution is 2.46. The first-order valence-electron chi connectivity index (χ1n) is 4.89. The van der Waals surface area contributed by atoms with Gasteiger partial charge in [-0.05, 0) is 19.8 Å². The van der Waals surface area contributed by atoms with Gasteiger partial charge in [0.25, 0.3) is 0 Å². The molecule has 0 radical (unpaired) electrons. The van der Waals surface area contributed by atoms with Gasteiger partial charge in [-0.1, -0.05) is 0 Å². The molecule has 2 fully saturated rings. The van der Waals surface area contributed by atoms with Gasteiger partial charge in [0.2, 0.25) is 5.91 Å². The van der Waals surface area contributed by atoms with Gasteiger partial charge in [0.05, 0.1) is 10.6 Å².